The molecule has 0 spiro atoms. The minimum atomic E-state index is -0.0122. The Labute approximate surface area is 129 Å². The van der Waals surface area contributed by atoms with Crippen molar-refractivity contribution in [2.24, 2.45) is 5.92 Å². The molecule has 110 valence electrons. The Hall–Kier alpha value is -2.38. The highest BCUT2D eigenvalue weighted by Gasteiger charge is 2.40. The normalized spacial score (nSPS) is 26.0. The van der Waals surface area contributed by atoms with E-state index in [4.69, 9.17) is 5.26 Å². The third-order valence-electron chi connectivity index (χ3n) is 4.91. The summed E-state index contributed by atoms with van der Waals surface area (Å²) >= 11 is 0. The van der Waals surface area contributed by atoms with Gasteiger partial charge in [-0.05, 0) is 53.8 Å². The molecule has 2 bridgehead atoms. The van der Waals surface area contributed by atoms with Crippen LogP contribution in [0.2, 0.25) is 0 Å². The molecular weight excluding hydrogens is 274 g/mol. The third-order valence-corrected chi connectivity index (χ3v) is 4.91. The lowest BCUT2D eigenvalue weighted by Crippen LogP contribution is -2.44. The smallest absolute Gasteiger partial charge is 0.251 e. The lowest BCUT2D eigenvalue weighted by Gasteiger charge is -2.23. The monoisotopic (exact) mass is 291 g/mol. The summed E-state index contributed by atoms with van der Waals surface area (Å²) in [7, 11) is 0. The summed E-state index contributed by atoms with van der Waals surface area (Å²) in [4.78, 5) is 12.5. The van der Waals surface area contributed by atoms with E-state index in [9.17, 15) is 4.79 Å². The molecule has 4 heteroatoms. The number of rotatable bonds is 2. The molecule has 2 N–H and O–H groups in total. The van der Waals surface area contributed by atoms with Crippen LogP contribution < -0.4 is 10.6 Å². The maximum absolute atomic E-state index is 12.5. The van der Waals surface area contributed by atoms with E-state index in [2.05, 4.69) is 16.7 Å². The lowest BCUT2D eigenvalue weighted by molar-refractivity contribution is 0.0925. The zero-order valence-electron chi connectivity index (χ0n) is 12.2. The molecule has 3 atom stereocenters. The number of piperidine rings is 1. The first-order valence-electron chi connectivity index (χ1n) is 7.71. The van der Waals surface area contributed by atoms with Crippen molar-refractivity contribution in [2.45, 2.75) is 24.9 Å². The SMILES string of the molecule is N#Cc1ccc2ccc(C(=O)NC3CC4CC3CN4)cc2c1. The van der Waals surface area contributed by atoms with Crippen LogP contribution in [0, 0.1) is 17.2 Å². The van der Waals surface area contributed by atoms with Gasteiger partial charge >= 0.3 is 0 Å². The second-order valence-electron chi connectivity index (χ2n) is 6.31. The maximum atomic E-state index is 12.5. The van der Waals surface area contributed by atoms with Crippen LogP contribution in [0.1, 0.15) is 28.8 Å². The number of hydrogen-bond acceptors (Lipinski definition) is 3. The fourth-order valence-corrected chi connectivity index (χ4v) is 3.72. The van der Waals surface area contributed by atoms with Gasteiger partial charge in [-0.15, -0.1) is 0 Å². The van der Waals surface area contributed by atoms with Crippen LogP contribution in [0.25, 0.3) is 10.8 Å². The number of benzene rings is 2. The summed E-state index contributed by atoms with van der Waals surface area (Å²) in [5.74, 6) is 0.557. The first-order chi connectivity index (χ1) is 10.7. The second-order valence-corrected chi connectivity index (χ2v) is 6.31. The summed E-state index contributed by atoms with van der Waals surface area (Å²) in [5.41, 5.74) is 1.28. The van der Waals surface area contributed by atoms with Crippen LogP contribution in [0.5, 0.6) is 0 Å². The zero-order chi connectivity index (χ0) is 15.1. The highest BCUT2D eigenvalue weighted by atomic mass is 16.1. The highest BCUT2D eigenvalue weighted by molar-refractivity contribution is 5.99. The summed E-state index contributed by atoms with van der Waals surface area (Å²) in [6.45, 7) is 1.01. The van der Waals surface area contributed by atoms with Crippen molar-refractivity contribution < 1.29 is 4.79 Å². The van der Waals surface area contributed by atoms with E-state index in [0.717, 1.165) is 23.7 Å². The van der Waals surface area contributed by atoms with Gasteiger partial charge in [0.15, 0.2) is 0 Å². The Bertz CT molecular complexity index is 793. The molecule has 2 aliphatic rings. The van der Waals surface area contributed by atoms with Crippen molar-refractivity contribution >= 4 is 16.7 Å². The standard InChI is InChI=1S/C18H17N3O/c19-9-11-1-2-12-3-4-13(6-14(12)5-11)18(22)21-17-8-16-7-15(17)10-20-16/h1-6,15-17,20H,7-8,10H2,(H,21,22). The van der Waals surface area contributed by atoms with Crippen LogP contribution in [-0.4, -0.2) is 24.5 Å². The zero-order valence-corrected chi connectivity index (χ0v) is 12.2. The Balaban J connectivity index is 1.57. The third kappa shape index (κ3) is 2.24. The fraction of sp³-hybridized carbons (Fsp3) is 0.333. The van der Waals surface area contributed by atoms with E-state index in [1.54, 1.807) is 6.07 Å². The van der Waals surface area contributed by atoms with Gasteiger partial charge in [-0.25, -0.2) is 0 Å². The van der Waals surface area contributed by atoms with Gasteiger partial charge in [-0.2, -0.15) is 5.26 Å². The highest BCUT2D eigenvalue weighted by Crippen LogP contribution is 2.31. The van der Waals surface area contributed by atoms with Crippen LogP contribution >= 0.6 is 0 Å². The molecule has 2 aromatic carbocycles. The summed E-state index contributed by atoms with van der Waals surface area (Å²) in [6, 6.07) is 14.2. The first kappa shape index (κ1) is 13.3. The molecule has 1 heterocycles. The van der Waals surface area contributed by atoms with Gasteiger partial charge in [0.25, 0.3) is 5.91 Å². The van der Waals surface area contributed by atoms with Crippen LogP contribution in [0.3, 0.4) is 0 Å². The van der Waals surface area contributed by atoms with Gasteiger partial charge in [0, 0.05) is 24.2 Å². The van der Waals surface area contributed by atoms with E-state index >= 15 is 0 Å². The van der Waals surface area contributed by atoms with Gasteiger partial charge in [-0.1, -0.05) is 12.1 Å². The maximum Gasteiger partial charge on any atom is 0.251 e. The van der Waals surface area contributed by atoms with E-state index < -0.39 is 0 Å². The number of nitrogens with zero attached hydrogens (tertiary/aromatic N) is 1. The Morgan fingerprint density at radius 3 is 2.77 bits per heavy atom. The predicted octanol–water partition coefficient (Wildman–Crippen LogP) is 2.19. The van der Waals surface area contributed by atoms with Gasteiger partial charge in [0.2, 0.25) is 0 Å². The number of fused-ring (bicyclic) bond motifs is 3. The first-order valence-corrected chi connectivity index (χ1v) is 7.71. The van der Waals surface area contributed by atoms with Crippen molar-refractivity contribution in [1.29, 1.82) is 5.26 Å². The van der Waals surface area contributed by atoms with Crippen LogP contribution in [0.4, 0.5) is 0 Å². The van der Waals surface area contributed by atoms with Gasteiger partial charge in [0.05, 0.1) is 11.6 Å². The van der Waals surface area contributed by atoms with Crippen molar-refractivity contribution in [3.63, 3.8) is 0 Å². The molecule has 22 heavy (non-hydrogen) atoms. The molecular formula is C18H17N3O. The number of amides is 1. The minimum absolute atomic E-state index is 0.0122. The summed E-state index contributed by atoms with van der Waals surface area (Å²) < 4.78 is 0. The van der Waals surface area contributed by atoms with Crippen LogP contribution in [-0.2, 0) is 0 Å². The Morgan fingerprint density at radius 2 is 2.05 bits per heavy atom. The number of hydrogen-bond donors (Lipinski definition) is 2. The molecule has 0 radical (unpaired) electrons. The molecule has 1 aliphatic heterocycles. The largest absolute Gasteiger partial charge is 0.349 e. The fourth-order valence-electron chi connectivity index (χ4n) is 3.72. The topological polar surface area (TPSA) is 64.9 Å². The number of carbonyl (C=O) groups is 1. The quantitative estimate of drug-likeness (QED) is 0.891. The molecule has 1 saturated carbocycles. The second kappa shape index (κ2) is 5.11. The number of carbonyl (C=O) groups excluding carboxylic acids is 1. The van der Waals surface area contributed by atoms with Crippen molar-refractivity contribution in [3.05, 3.63) is 47.5 Å². The lowest BCUT2D eigenvalue weighted by atomic mass is 10.0. The van der Waals surface area contributed by atoms with Crippen molar-refractivity contribution in [1.82, 2.24) is 10.6 Å². The molecule has 1 aliphatic carbocycles. The molecule has 1 saturated heterocycles. The van der Waals surface area contributed by atoms with Crippen LogP contribution in [0.15, 0.2) is 36.4 Å². The Kier molecular flexibility index (Phi) is 3.09. The van der Waals surface area contributed by atoms with Crippen molar-refractivity contribution in [2.75, 3.05) is 6.54 Å². The number of nitriles is 1. The molecule has 4 rings (SSSR count). The van der Waals surface area contributed by atoms with Gasteiger partial charge in [-0.3, -0.25) is 4.79 Å². The summed E-state index contributed by atoms with van der Waals surface area (Å²) in [5, 5.41) is 17.6. The average Bonchev–Trinajstić information content (AvgIpc) is 3.16. The molecule has 2 fully saturated rings. The summed E-state index contributed by atoms with van der Waals surface area (Å²) in [6.07, 6.45) is 2.21. The predicted molar refractivity (Wildman–Crippen MR) is 84.4 cm³/mol. The van der Waals surface area contributed by atoms with Crippen molar-refractivity contribution in [3.8, 4) is 6.07 Å². The van der Waals surface area contributed by atoms with E-state index in [1.165, 1.54) is 6.42 Å². The van der Waals surface area contributed by atoms with E-state index in [1.807, 2.05) is 30.3 Å². The van der Waals surface area contributed by atoms with Gasteiger partial charge in [0.1, 0.15) is 0 Å². The average molecular weight is 291 g/mol. The van der Waals surface area contributed by atoms with Gasteiger partial charge < -0.3 is 10.6 Å². The molecule has 0 aromatic heterocycles. The van der Waals surface area contributed by atoms with E-state index in [0.29, 0.717) is 29.1 Å². The van der Waals surface area contributed by atoms with E-state index in [-0.39, 0.29) is 5.91 Å². The molecule has 3 unspecified atom stereocenters. The molecule has 4 nitrogen and oxygen atoms in total. The Morgan fingerprint density at radius 1 is 1.18 bits per heavy atom. The molecule has 2 aromatic rings. The number of nitrogens with one attached hydrogen (secondary N) is 2. The minimum Gasteiger partial charge on any atom is -0.349 e. The molecule has 1 amide bonds.